The number of carboxylic acids is 1. The topological polar surface area (TPSA) is 73.1 Å². The minimum atomic E-state index is -0.939. The Morgan fingerprint density at radius 1 is 1.30 bits per heavy atom. The van der Waals surface area contributed by atoms with Crippen LogP contribution in [0, 0.1) is 11.3 Å². The zero-order valence-corrected chi connectivity index (χ0v) is 12.0. The lowest BCUT2D eigenvalue weighted by Gasteiger charge is -2.09. The fourth-order valence-electron chi connectivity index (χ4n) is 1.74. The zero-order chi connectivity index (χ0) is 14.5. The van der Waals surface area contributed by atoms with Crippen LogP contribution in [0.25, 0.3) is 0 Å². The first-order valence-corrected chi connectivity index (χ1v) is 6.65. The van der Waals surface area contributed by atoms with E-state index in [2.05, 4.69) is 27.3 Å². The maximum Gasteiger partial charge on any atom is 0.335 e. The van der Waals surface area contributed by atoms with E-state index in [1.807, 2.05) is 12.1 Å². The molecule has 0 aliphatic rings. The highest BCUT2D eigenvalue weighted by Crippen LogP contribution is 2.24. The highest BCUT2D eigenvalue weighted by atomic mass is 79.9. The van der Waals surface area contributed by atoms with Gasteiger partial charge in [0.1, 0.15) is 0 Å². The highest BCUT2D eigenvalue weighted by molar-refractivity contribution is 9.10. The minimum absolute atomic E-state index is 0.267. The van der Waals surface area contributed by atoms with Gasteiger partial charge in [-0.05, 0) is 51.8 Å². The largest absolute Gasteiger partial charge is 0.478 e. The first-order chi connectivity index (χ1) is 9.60. The number of carboxylic acid groups (broad SMARTS) is 1. The van der Waals surface area contributed by atoms with Crippen LogP contribution in [0.1, 0.15) is 21.5 Å². The van der Waals surface area contributed by atoms with E-state index >= 15 is 0 Å². The van der Waals surface area contributed by atoms with Gasteiger partial charge in [0.15, 0.2) is 0 Å². The van der Waals surface area contributed by atoms with Gasteiger partial charge < -0.3 is 10.4 Å². The number of rotatable bonds is 4. The van der Waals surface area contributed by atoms with Gasteiger partial charge in [-0.15, -0.1) is 0 Å². The first kappa shape index (κ1) is 14.1. The van der Waals surface area contributed by atoms with Crippen LogP contribution in [-0.4, -0.2) is 11.1 Å². The van der Waals surface area contributed by atoms with E-state index in [-0.39, 0.29) is 5.56 Å². The fourth-order valence-corrected chi connectivity index (χ4v) is 2.26. The Kier molecular flexibility index (Phi) is 4.38. The van der Waals surface area contributed by atoms with E-state index in [1.54, 1.807) is 30.3 Å². The standard InChI is InChI=1S/C15H11BrN2O2/c16-13-7-10(8-17)4-5-14(13)18-9-11-2-1-3-12(6-11)15(19)20/h1-7,18H,9H2,(H,19,20). The molecule has 0 unspecified atom stereocenters. The predicted octanol–water partition coefficient (Wildman–Crippen LogP) is 3.63. The molecule has 2 N–H and O–H groups in total. The van der Waals surface area contributed by atoms with Gasteiger partial charge in [-0.2, -0.15) is 5.26 Å². The molecule has 20 heavy (non-hydrogen) atoms. The van der Waals surface area contributed by atoms with Gasteiger partial charge in [-0.1, -0.05) is 12.1 Å². The van der Waals surface area contributed by atoms with Gasteiger partial charge in [-0.25, -0.2) is 4.79 Å². The molecular formula is C15H11BrN2O2. The number of benzene rings is 2. The summed E-state index contributed by atoms with van der Waals surface area (Å²) in [5.41, 5.74) is 2.57. The predicted molar refractivity (Wildman–Crippen MR) is 79.6 cm³/mol. The average molecular weight is 331 g/mol. The lowest BCUT2D eigenvalue weighted by Crippen LogP contribution is -2.02. The second-order valence-electron chi connectivity index (χ2n) is 4.17. The Hall–Kier alpha value is -2.32. The number of nitrogens with zero attached hydrogens (tertiary/aromatic N) is 1. The van der Waals surface area contributed by atoms with Crippen LogP contribution >= 0.6 is 15.9 Å². The third-order valence-electron chi connectivity index (χ3n) is 2.76. The van der Waals surface area contributed by atoms with Gasteiger partial charge in [-0.3, -0.25) is 0 Å². The van der Waals surface area contributed by atoms with Crippen molar-refractivity contribution in [3.63, 3.8) is 0 Å². The van der Waals surface area contributed by atoms with Crippen molar-refractivity contribution in [2.45, 2.75) is 6.54 Å². The number of aromatic carboxylic acids is 1. The maximum atomic E-state index is 10.9. The number of nitrogens with one attached hydrogen (secondary N) is 1. The number of anilines is 1. The second kappa shape index (κ2) is 6.22. The summed E-state index contributed by atoms with van der Waals surface area (Å²) in [5.74, 6) is -0.939. The van der Waals surface area contributed by atoms with Crippen LogP contribution in [0.5, 0.6) is 0 Å². The Morgan fingerprint density at radius 2 is 2.10 bits per heavy atom. The molecule has 2 aromatic carbocycles. The number of carbonyl (C=O) groups is 1. The van der Waals surface area contributed by atoms with Gasteiger partial charge >= 0.3 is 5.97 Å². The van der Waals surface area contributed by atoms with Crippen LogP contribution in [0.3, 0.4) is 0 Å². The Labute approximate surface area is 124 Å². The molecule has 2 aromatic rings. The average Bonchev–Trinajstić information content (AvgIpc) is 2.46. The molecule has 0 spiro atoms. The summed E-state index contributed by atoms with van der Waals surface area (Å²) in [4.78, 5) is 10.9. The van der Waals surface area contributed by atoms with Crippen LogP contribution < -0.4 is 5.32 Å². The van der Waals surface area contributed by atoms with Crippen LogP contribution in [-0.2, 0) is 6.54 Å². The van der Waals surface area contributed by atoms with Gasteiger partial charge in [0.2, 0.25) is 0 Å². The lowest BCUT2D eigenvalue weighted by atomic mass is 10.1. The van der Waals surface area contributed by atoms with E-state index in [9.17, 15) is 4.79 Å². The molecule has 0 aliphatic carbocycles. The molecule has 0 heterocycles. The van der Waals surface area contributed by atoms with E-state index in [4.69, 9.17) is 10.4 Å². The molecule has 0 aromatic heterocycles. The molecule has 0 radical (unpaired) electrons. The van der Waals surface area contributed by atoms with Crippen molar-refractivity contribution in [1.29, 1.82) is 5.26 Å². The smallest absolute Gasteiger partial charge is 0.335 e. The van der Waals surface area contributed by atoms with E-state index in [0.29, 0.717) is 12.1 Å². The Balaban J connectivity index is 2.11. The molecule has 0 bridgehead atoms. The molecule has 0 atom stereocenters. The molecule has 0 fully saturated rings. The second-order valence-corrected chi connectivity index (χ2v) is 5.02. The SMILES string of the molecule is N#Cc1ccc(NCc2cccc(C(=O)O)c2)c(Br)c1. The van der Waals surface area contributed by atoms with Crippen LogP contribution in [0.4, 0.5) is 5.69 Å². The molecule has 2 rings (SSSR count). The summed E-state index contributed by atoms with van der Waals surface area (Å²) in [6.07, 6.45) is 0. The normalized spacial score (nSPS) is 9.80. The number of halogens is 1. The highest BCUT2D eigenvalue weighted by Gasteiger charge is 2.04. The Morgan fingerprint density at radius 3 is 2.75 bits per heavy atom. The fraction of sp³-hybridized carbons (Fsp3) is 0.0667. The number of hydrogen-bond donors (Lipinski definition) is 2. The molecule has 0 saturated heterocycles. The summed E-state index contributed by atoms with van der Waals surface area (Å²) in [6.45, 7) is 0.506. The van der Waals surface area contributed by atoms with Crippen LogP contribution in [0.2, 0.25) is 0 Å². The van der Waals surface area contributed by atoms with E-state index < -0.39 is 5.97 Å². The van der Waals surface area contributed by atoms with Crippen molar-refractivity contribution in [2.75, 3.05) is 5.32 Å². The monoisotopic (exact) mass is 330 g/mol. The molecule has 0 amide bonds. The number of nitriles is 1. The van der Waals surface area contributed by atoms with Crippen molar-refractivity contribution in [3.8, 4) is 6.07 Å². The van der Waals surface area contributed by atoms with Crippen molar-refractivity contribution in [1.82, 2.24) is 0 Å². The van der Waals surface area contributed by atoms with Gasteiger partial charge in [0.05, 0.1) is 17.2 Å². The first-order valence-electron chi connectivity index (χ1n) is 5.86. The van der Waals surface area contributed by atoms with E-state index in [1.165, 1.54) is 0 Å². The van der Waals surface area contributed by atoms with E-state index in [0.717, 1.165) is 15.7 Å². The molecule has 0 saturated carbocycles. The summed E-state index contributed by atoms with van der Waals surface area (Å²) < 4.78 is 0.797. The third kappa shape index (κ3) is 3.37. The van der Waals surface area contributed by atoms with Gasteiger partial charge in [0.25, 0.3) is 0 Å². The van der Waals surface area contributed by atoms with Gasteiger partial charge in [0, 0.05) is 16.7 Å². The van der Waals surface area contributed by atoms with Crippen molar-refractivity contribution >= 4 is 27.6 Å². The zero-order valence-electron chi connectivity index (χ0n) is 10.4. The molecular weight excluding hydrogens is 320 g/mol. The quantitative estimate of drug-likeness (QED) is 0.897. The van der Waals surface area contributed by atoms with Crippen molar-refractivity contribution in [2.24, 2.45) is 0 Å². The van der Waals surface area contributed by atoms with Crippen molar-refractivity contribution in [3.05, 3.63) is 63.6 Å². The lowest BCUT2D eigenvalue weighted by molar-refractivity contribution is 0.0697. The maximum absolute atomic E-state index is 10.9. The summed E-state index contributed by atoms with van der Waals surface area (Å²) in [7, 11) is 0. The summed E-state index contributed by atoms with van der Waals surface area (Å²) in [6, 6.07) is 14.1. The molecule has 5 heteroatoms. The van der Waals surface area contributed by atoms with Crippen LogP contribution in [0.15, 0.2) is 46.9 Å². The molecule has 0 aliphatic heterocycles. The van der Waals surface area contributed by atoms with Crippen molar-refractivity contribution < 1.29 is 9.90 Å². The summed E-state index contributed by atoms with van der Waals surface area (Å²) in [5, 5.41) is 20.9. The Bertz CT molecular complexity index is 693. The molecule has 100 valence electrons. The summed E-state index contributed by atoms with van der Waals surface area (Å²) >= 11 is 3.39. The minimum Gasteiger partial charge on any atom is -0.478 e. The third-order valence-corrected chi connectivity index (χ3v) is 3.41. The molecule has 4 nitrogen and oxygen atoms in total. The number of hydrogen-bond acceptors (Lipinski definition) is 3.